The van der Waals surface area contributed by atoms with Crippen LogP contribution in [-0.4, -0.2) is 31.7 Å². The van der Waals surface area contributed by atoms with Crippen molar-refractivity contribution in [1.82, 2.24) is 0 Å². The third-order valence-electron chi connectivity index (χ3n) is 1.75. The predicted molar refractivity (Wildman–Crippen MR) is 78.7 cm³/mol. The molecule has 0 atom stereocenters. The Balaban J connectivity index is 4.44. The first kappa shape index (κ1) is 16.6. The fourth-order valence-corrected chi connectivity index (χ4v) is 0.829. The summed E-state index contributed by atoms with van der Waals surface area (Å²) in [6, 6.07) is 2.92. The summed E-state index contributed by atoms with van der Waals surface area (Å²) in [5, 5.41) is 3.46. The summed E-state index contributed by atoms with van der Waals surface area (Å²) in [7, 11) is 3.78. The van der Waals surface area contributed by atoms with Crippen LogP contribution in [0.4, 0.5) is 0 Å². The van der Waals surface area contributed by atoms with Gasteiger partial charge in [-0.2, -0.15) is 0 Å². The van der Waals surface area contributed by atoms with Crippen LogP contribution in [-0.2, 0) is 0 Å². The van der Waals surface area contributed by atoms with Crippen LogP contribution in [0.1, 0.15) is 0 Å². The Kier molecular flexibility index (Phi) is 8.95. The first-order valence-electron chi connectivity index (χ1n) is 5.44. The minimum atomic E-state index is 0.389. The van der Waals surface area contributed by atoms with E-state index in [-0.39, 0.29) is 0 Å². The van der Waals surface area contributed by atoms with Crippen molar-refractivity contribution in [3.05, 3.63) is 10.4 Å². The molecule has 0 radical (unpaired) electrons. The molecule has 0 bridgehead atoms. The van der Waals surface area contributed by atoms with Crippen LogP contribution >= 0.6 is 0 Å². The molecule has 0 aliphatic carbocycles. The molecule has 0 aliphatic heterocycles. The van der Waals surface area contributed by atoms with Gasteiger partial charge in [0.1, 0.15) is 0 Å². The Bertz CT molecular complexity index is 732. The molecule has 0 aromatic carbocycles. The average Bonchev–Trinajstić information content (AvgIpc) is 2.41. The highest BCUT2D eigenvalue weighted by Crippen LogP contribution is 1.92. The lowest BCUT2D eigenvalue weighted by atomic mass is 10.4. The van der Waals surface area contributed by atoms with Crippen molar-refractivity contribution in [2.45, 2.75) is 0 Å². The molecule has 0 unspecified atom stereocenters. The molecule has 0 rings (SSSR count). The number of hydrogen-bond donors (Lipinski definition) is 0. The Morgan fingerprint density at radius 2 is 1.45 bits per heavy atom. The van der Waals surface area contributed by atoms with E-state index in [1.807, 2.05) is 14.1 Å². The molecule has 0 N–H and O–H groups in total. The van der Waals surface area contributed by atoms with Crippen LogP contribution in [0.5, 0.6) is 0 Å². The molecule has 0 aromatic rings. The molecule has 20 heavy (non-hydrogen) atoms. The van der Waals surface area contributed by atoms with Gasteiger partial charge in [-0.25, -0.2) is 0 Å². The first-order valence-corrected chi connectivity index (χ1v) is 5.44. The third kappa shape index (κ3) is 11.1. The van der Waals surface area contributed by atoms with Gasteiger partial charge in [0, 0.05) is 28.6 Å². The van der Waals surface area contributed by atoms with Crippen LogP contribution in [0.3, 0.4) is 0 Å². The number of hydrogen-bond acceptors (Lipinski definition) is 1. The molecule has 4 nitrogen and oxygen atoms in total. The first-order chi connectivity index (χ1) is 9.62. The number of quaternary nitrogens is 1. The fraction of sp³-hybridized carbons (Fsp3) is 0.250. The second-order valence-electron chi connectivity index (χ2n) is 3.74. The maximum atomic E-state index is 8.18. The molecule has 0 fully saturated rings. The lowest BCUT2D eigenvalue weighted by Crippen LogP contribution is -2.36. The molecule has 0 saturated heterocycles. The molecule has 0 heterocycles. The summed E-state index contributed by atoms with van der Waals surface area (Å²) in [5.74, 6) is 24.7. The van der Waals surface area contributed by atoms with Crippen LogP contribution in [0, 0.1) is 71.7 Å². The molecule has 0 saturated carbocycles. The minimum Gasteiger partial charge on any atom is -0.250 e. The van der Waals surface area contributed by atoms with Crippen LogP contribution < -0.4 is 0 Å². The standard InChI is InChI=1S/C16H11N4/c1-4-5-6-7-8-9-10-11-12-13-15-20(2,3)16-14-18-19-17/h1H,14,16H2,2-3H3/q+1. The van der Waals surface area contributed by atoms with Crippen molar-refractivity contribution in [3.63, 3.8) is 0 Å². The predicted octanol–water partition coefficient (Wildman–Crippen LogP) is 0.981. The number of likely N-dealkylation sites (N-methyl/N-ethyl adjacent to an activating group) is 1. The summed E-state index contributed by atoms with van der Waals surface area (Å²) in [4.78, 5) is 2.68. The van der Waals surface area contributed by atoms with Crippen LogP contribution in [0.15, 0.2) is 5.11 Å². The summed E-state index contributed by atoms with van der Waals surface area (Å²) >= 11 is 0. The number of terminal acetylenes is 1. The second-order valence-corrected chi connectivity index (χ2v) is 3.74. The van der Waals surface area contributed by atoms with Gasteiger partial charge < -0.3 is 0 Å². The monoisotopic (exact) mass is 259 g/mol. The van der Waals surface area contributed by atoms with Gasteiger partial charge in [0.15, 0.2) is 6.04 Å². The zero-order chi connectivity index (χ0) is 15.1. The lowest BCUT2D eigenvalue weighted by Gasteiger charge is -2.19. The molecular formula is C16H11N4+. The van der Waals surface area contributed by atoms with Crippen molar-refractivity contribution >= 4 is 0 Å². The lowest BCUT2D eigenvalue weighted by molar-refractivity contribution is -0.820. The Morgan fingerprint density at radius 3 is 1.95 bits per heavy atom. The minimum absolute atomic E-state index is 0.389. The maximum absolute atomic E-state index is 8.18. The van der Waals surface area contributed by atoms with E-state index in [0.29, 0.717) is 17.6 Å². The van der Waals surface area contributed by atoms with E-state index in [4.69, 9.17) is 12.0 Å². The van der Waals surface area contributed by atoms with E-state index < -0.39 is 0 Å². The van der Waals surface area contributed by atoms with Crippen molar-refractivity contribution in [2.75, 3.05) is 27.2 Å². The summed E-state index contributed by atoms with van der Waals surface area (Å²) in [6.45, 7) is 1.00. The summed E-state index contributed by atoms with van der Waals surface area (Å²) in [5.41, 5.74) is 8.18. The number of azide groups is 1. The Labute approximate surface area is 119 Å². The Morgan fingerprint density at radius 1 is 0.950 bits per heavy atom. The smallest absolute Gasteiger partial charge is 0.151 e. The topological polar surface area (TPSA) is 48.8 Å². The SMILES string of the molecule is C#CC#CC#CC#CC#CC#C[N+](C)(C)CCN=[N+]=[N-]. The highest BCUT2D eigenvalue weighted by Gasteiger charge is 2.09. The zero-order valence-electron chi connectivity index (χ0n) is 11.3. The van der Waals surface area contributed by atoms with Gasteiger partial charge in [0.2, 0.25) is 0 Å². The van der Waals surface area contributed by atoms with Gasteiger partial charge in [-0.05, 0) is 35.1 Å². The number of nitrogens with zero attached hydrogens (tertiary/aromatic N) is 4. The molecule has 0 aliphatic rings. The molecule has 94 valence electrons. The average molecular weight is 259 g/mol. The van der Waals surface area contributed by atoms with Gasteiger partial charge in [0.05, 0.1) is 33.1 Å². The van der Waals surface area contributed by atoms with E-state index in [2.05, 4.69) is 75.3 Å². The normalized spacial score (nSPS) is 6.85. The third-order valence-corrected chi connectivity index (χ3v) is 1.75. The van der Waals surface area contributed by atoms with Gasteiger partial charge in [-0.3, -0.25) is 4.48 Å². The van der Waals surface area contributed by atoms with E-state index in [0.717, 1.165) is 0 Å². The van der Waals surface area contributed by atoms with Crippen molar-refractivity contribution < 1.29 is 4.48 Å². The quantitative estimate of drug-likeness (QED) is 0.238. The molecular weight excluding hydrogens is 248 g/mol. The van der Waals surface area contributed by atoms with Gasteiger partial charge in [0.25, 0.3) is 0 Å². The van der Waals surface area contributed by atoms with Gasteiger partial charge >= 0.3 is 0 Å². The van der Waals surface area contributed by atoms with E-state index in [1.165, 1.54) is 0 Å². The van der Waals surface area contributed by atoms with E-state index >= 15 is 0 Å². The van der Waals surface area contributed by atoms with E-state index in [1.54, 1.807) is 0 Å². The largest absolute Gasteiger partial charge is 0.250 e. The summed E-state index contributed by atoms with van der Waals surface area (Å²) in [6.07, 6.45) is 4.91. The molecule has 0 spiro atoms. The second kappa shape index (κ2) is 10.8. The van der Waals surface area contributed by atoms with Crippen molar-refractivity contribution in [2.24, 2.45) is 5.11 Å². The van der Waals surface area contributed by atoms with E-state index in [9.17, 15) is 0 Å². The highest BCUT2D eigenvalue weighted by molar-refractivity contribution is 5.43. The van der Waals surface area contributed by atoms with Gasteiger partial charge in [-0.1, -0.05) is 5.11 Å². The molecule has 0 aromatic heterocycles. The number of rotatable bonds is 3. The summed E-state index contributed by atoms with van der Waals surface area (Å²) < 4.78 is 0.391. The molecule has 0 amide bonds. The highest BCUT2D eigenvalue weighted by atomic mass is 15.3. The van der Waals surface area contributed by atoms with Crippen LogP contribution in [0.2, 0.25) is 0 Å². The Hall–Kier alpha value is -3.37. The fourth-order valence-electron chi connectivity index (χ4n) is 0.829. The molecule has 4 heteroatoms. The zero-order valence-corrected chi connectivity index (χ0v) is 11.3. The van der Waals surface area contributed by atoms with Crippen LogP contribution in [0.25, 0.3) is 10.4 Å². The maximum Gasteiger partial charge on any atom is 0.151 e. The van der Waals surface area contributed by atoms with Crippen molar-refractivity contribution in [1.29, 1.82) is 0 Å². The van der Waals surface area contributed by atoms with Gasteiger partial charge in [-0.15, -0.1) is 6.42 Å². The van der Waals surface area contributed by atoms with Crippen molar-refractivity contribution in [3.8, 4) is 71.7 Å².